The maximum Gasteiger partial charge on any atom is 0.146 e. The van der Waals surface area contributed by atoms with Crippen LogP contribution in [0.1, 0.15) is 17.3 Å². The van der Waals surface area contributed by atoms with Crippen molar-refractivity contribution in [2.45, 2.75) is 6.17 Å². The number of nitrogens with zero attached hydrogens (tertiary/aromatic N) is 3. The molecule has 0 aliphatic rings. The van der Waals surface area contributed by atoms with Crippen molar-refractivity contribution in [3.8, 4) is 0 Å². The second-order valence-corrected chi connectivity index (χ2v) is 4.62. The second-order valence-electron chi connectivity index (χ2n) is 4.62. The highest BCUT2D eigenvalue weighted by Gasteiger charge is 2.10. The molecule has 0 saturated heterocycles. The molecule has 2 aromatic carbocycles. The second kappa shape index (κ2) is 6.52. The van der Waals surface area contributed by atoms with Crippen molar-refractivity contribution < 1.29 is 0 Å². The first-order chi connectivity index (χ1) is 10.4. The third-order valence-electron chi connectivity index (χ3n) is 3.15. The van der Waals surface area contributed by atoms with Crippen LogP contribution in [0.2, 0.25) is 0 Å². The Morgan fingerprint density at radius 1 is 1.00 bits per heavy atom. The molecule has 104 valence electrons. The van der Waals surface area contributed by atoms with Crippen molar-refractivity contribution in [3.05, 3.63) is 90.5 Å². The molecule has 0 bridgehead atoms. The van der Waals surface area contributed by atoms with Crippen LogP contribution in [0.5, 0.6) is 0 Å². The Kier molecular flexibility index (Phi) is 4.07. The van der Waals surface area contributed by atoms with Gasteiger partial charge in [0, 0.05) is 12.4 Å². The smallest absolute Gasteiger partial charge is 0.146 e. The van der Waals surface area contributed by atoms with Crippen LogP contribution in [0.4, 0.5) is 0 Å². The van der Waals surface area contributed by atoms with Crippen LogP contribution < -0.4 is 5.43 Å². The number of aromatic nitrogens is 2. The first-order valence-corrected chi connectivity index (χ1v) is 6.79. The Bertz CT molecular complexity index is 675. The minimum atomic E-state index is -0.0753. The van der Waals surface area contributed by atoms with E-state index < -0.39 is 0 Å². The number of rotatable bonds is 5. The zero-order valence-electron chi connectivity index (χ0n) is 11.5. The SMILES string of the molecule is C(=NNC(c1ccccc1)n1ccnc1)c1ccccc1. The van der Waals surface area contributed by atoms with Crippen LogP contribution in [0.15, 0.2) is 84.5 Å². The van der Waals surface area contributed by atoms with Gasteiger partial charge in [-0.25, -0.2) is 4.98 Å². The van der Waals surface area contributed by atoms with Crippen molar-refractivity contribution in [2.24, 2.45) is 5.10 Å². The van der Waals surface area contributed by atoms with Gasteiger partial charge in [-0.2, -0.15) is 5.10 Å². The van der Waals surface area contributed by atoms with E-state index in [1.807, 2.05) is 65.5 Å². The van der Waals surface area contributed by atoms with E-state index in [1.165, 1.54) is 0 Å². The fraction of sp³-hybridized carbons (Fsp3) is 0.0588. The molecule has 1 aromatic heterocycles. The van der Waals surface area contributed by atoms with Crippen molar-refractivity contribution >= 4 is 6.21 Å². The molecule has 21 heavy (non-hydrogen) atoms. The molecule has 0 fully saturated rings. The lowest BCUT2D eigenvalue weighted by atomic mass is 10.2. The molecular formula is C17H16N4. The number of nitrogens with one attached hydrogen (secondary N) is 1. The fourth-order valence-corrected chi connectivity index (χ4v) is 2.09. The average Bonchev–Trinajstić information content (AvgIpc) is 3.07. The molecule has 1 unspecified atom stereocenters. The Labute approximate surface area is 123 Å². The van der Waals surface area contributed by atoms with Gasteiger partial charge in [0.25, 0.3) is 0 Å². The molecule has 1 heterocycles. The lowest BCUT2D eigenvalue weighted by Crippen LogP contribution is -2.22. The molecule has 3 rings (SSSR count). The fourth-order valence-electron chi connectivity index (χ4n) is 2.09. The summed E-state index contributed by atoms with van der Waals surface area (Å²) in [5, 5.41) is 4.35. The third kappa shape index (κ3) is 3.36. The van der Waals surface area contributed by atoms with Gasteiger partial charge in [0.2, 0.25) is 0 Å². The monoisotopic (exact) mass is 276 g/mol. The van der Waals surface area contributed by atoms with Crippen LogP contribution in [-0.2, 0) is 0 Å². The summed E-state index contributed by atoms with van der Waals surface area (Å²) in [6.07, 6.45) is 7.20. The van der Waals surface area contributed by atoms with Gasteiger partial charge in [-0.15, -0.1) is 0 Å². The van der Waals surface area contributed by atoms with E-state index in [-0.39, 0.29) is 6.17 Å². The van der Waals surface area contributed by atoms with Crippen molar-refractivity contribution in [3.63, 3.8) is 0 Å². The highest BCUT2D eigenvalue weighted by molar-refractivity contribution is 5.79. The van der Waals surface area contributed by atoms with Crippen molar-refractivity contribution in [1.82, 2.24) is 15.0 Å². The molecule has 4 heteroatoms. The minimum Gasteiger partial charge on any atom is -0.311 e. The topological polar surface area (TPSA) is 42.2 Å². The van der Waals surface area contributed by atoms with E-state index in [0.717, 1.165) is 11.1 Å². The summed E-state index contributed by atoms with van der Waals surface area (Å²) >= 11 is 0. The van der Waals surface area contributed by atoms with E-state index in [4.69, 9.17) is 0 Å². The van der Waals surface area contributed by atoms with Crippen molar-refractivity contribution in [1.29, 1.82) is 0 Å². The third-order valence-corrected chi connectivity index (χ3v) is 3.15. The van der Waals surface area contributed by atoms with Gasteiger partial charge in [0.05, 0.1) is 12.5 Å². The largest absolute Gasteiger partial charge is 0.311 e. The molecule has 4 nitrogen and oxygen atoms in total. The van der Waals surface area contributed by atoms with Gasteiger partial charge < -0.3 is 4.57 Å². The van der Waals surface area contributed by atoms with Gasteiger partial charge >= 0.3 is 0 Å². The normalized spacial score (nSPS) is 12.4. The highest BCUT2D eigenvalue weighted by atomic mass is 15.4. The van der Waals surface area contributed by atoms with E-state index in [9.17, 15) is 0 Å². The molecular weight excluding hydrogens is 260 g/mol. The first-order valence-electron chi connectivity index (χ1n) is 6.79. The van der Waals surface area contributed by atoms with Crippen LogP contribution in [0.25, 0.3) is 0 Å². The van der Waals surface area contributed by atoms with Gasteiger partial charge in [0.1, 0.15) is 6.17 Å². The van der Waals surface area contributed by atoms with Crippen LogP contribution in [0, 0.1) is 0 Å². The average molecular weight is 276 g/mol. The predicted octanol–water partition coefficient (Wildman–Crippen LogP) is 3.05. The summed E-state index contributed by atoms with van der Waals surface area (Å²) in [6.45, 7) is 0. The first kappa shape index (κ1) is 13.1. The summed E-state index contributed by atoms with van der Waals surface area (Å²) in [4.78, 5) is 4.11. The Morgan fingerprint density at radius 3 is 2.38 bits per heavy atom. The summed E-state index contributed by atoms with van der Waals surface area (Å²) in [6, 6.07) is 20.2. The molecule has 3 aromatic rings. The molecule has 0 aliphatic carbocycles. The van der Waals surface area contributed by atoms with E-state index in [2.05, 4.69) is 27.6 Å². The maximum absolute atomic E-state index is 4.35. The predicted molar refractivity (Wildman–Crippen MR) is 84.0 cm³/mol. The van der Waals surface area contributed by atoms with Gasteiger partial charge in [-0.05, 0) is 11.1 Å². The lowest BCUT2D eigenvalue weighted by Gasteiger charge is -2.18. The highest BCUT2D eigenvalue weighted by Crippen LogP contribution is 2.14. The van der Waals surface area contributed by atoms with Gasteiger partial charge in [0.15, 0.2) is 0 Å². The summed E-state index contributed by atoms with van der Waals surface area (Å²) in [5.74, 6) is 0. The summed E-state index contributed by atoms with van der Waals surface area (Å²) < 4.78 is 1.98. The maximum atomic E-state index is 4.35. The van der Waals surface area contributed by atoms with Gasteiger partial charge in [-0.3, -0.25) is 5.43 Å². The lowest BCUT2D eigenvalue weighted by molar-refractivity contribution is 0.484. The Balaban J connectivity index is 1.79. The van der Waals surface area contributed by atoms with Crippen LogP contribution in [-0.4, -0.2) is 15.8 Å². The minimum absolute atomic E-state index is 0.0753. The number of hydrogen-bond acceptors (Lipinski definition) is 3. The molecule has 1 atom stereocenters. The zero-order valence-corrected chi connectivity index (χ0v) is 11.5. The number of imidazole rings is 1. The molecule has 0 aliphatic heterocycles. The molecule has 0 spiro atoms. The number of hydrogen-bond donors (Lipinski definition) is 1. The number of hydrazone groups is 1. The molecule has 1 N–H and O–H groups in total. The van der Waals surface area contributed by atoms with Crippen LogP contribution >= 0.6 is 0 Å². The molecule has 0 radical (unpaired) electrons. The van der Waals surface area contributed by atoms with Gasteiger partial charge in [-0.1, -0.05) is 60.7 Å². The van der Waals surface area contributed by atoms with Crippen LogP contribution in [0.3, 0.4) is 0 Å². The molecule has 0 amide bonds. The quantitative estimate of drug-likeness (QED) is 0.575. The van der Waals surface area contributed by atoms with Crippen molar-refractivity contribution in [2.75, 3.05) is 0 Å². The summed E-state index contributed by atoms with van der Waals surface area (Å²) in [5.41, 5.74) is 5.36. The number of benzene rings is 2. The Hall–Kier alpha value is -2.88. The van der Waals surface area contributed by atoms with E-state index >= 15 is 0 Å². The summed E-state index contributed by atoms with van der Waals surface area (Å²) in [7, 11) is 0. The Morgan fingerprint density at radius 2 is 1.71 bits per heavy atom. The van der Waals surface area contributed by atoms with E-state index in [0.29, 0.717) is 0 Å². The zero-order chi connectivity index (χ0) is 14.3. The standard InChI is InChI=1S/C17H16N4/c1-3-7-15(8-4-1)13-19-20-17(21-12-11-18-14-21)16-9-5-2-6-10-16/h1-14,17,20H. The van der Waals surface area contributed by atoms with E-state index in [1.54, 1.807) is 12.5 Å². The molecule has 0 saturated carbocycles.